The minimum atomic E-state index is -0.794. The quantitative estimate of drug-likeness (QED) is 0.213. The monoisotopic (exact) mass is 228 g/mol. The summed E-state index contributed by atoms with van der Waals surface area (Å²) in [6, 6.07) is 0. The molecule has 0 radical (unpaired) electrons. The van der Waals surface area contributed by atoms with E-state index in [0.717, 1.165) is 0 Å². The van der Waals surface area contributed by atoms with Gasteiger partial charge in [-0.25, -0.2) is 4.79 Å². The Bertz CT molecular complexity index is 308. The van der Waals surface area contributed by atoms with E-state index in [4.69, 9.17) is 0 Å². The molecule has 6 heteroatoms. The summed E-state index contributed by atoms with van der Waals surface area (Å²) in [6.07, 6.45) is 2.72. The van der Waals surface area contributed by atoms with Crippen molar-refractivity contribution in [2.75, 3.05) is 27.8 Å². The van der Waals surface area contributed by atoms with Crippen molar-refractivity contribution in [2.24, 2.45) is 5.16 Å². The molecule has 16 heavy (non-hydrogen) atoms. The van der Waals surface area contributed by atoms with Gasteiger partial charge in [0.1, 0.15) is 7.11 Å². The van der Waals surface area contributed by atoms with Crippen LogP contribution in [-0.2, 0) is 19.2 Å². The molecule has 0 bridgehead atoms. The molecular formula is C10H16N2O4. The van der Waals surface area contributed by atoms with E-state index in [2.05, 4.69) is 14.7 Å². The summed E-state index contributed by atoms with van der Waals surface area (Å²) in [4.78, 5) is 28.9. The Kier molecular flexibility index (Phi) is 6.58. The molecular weight excluding hydrogens is 212 g/mol. The summed E-state index contributed by atoms with van der Waals surface area (Å²) in [5, 5.41) is 3.34. The standard InChI is InChI=1S/C10H16N2O4/c1-5-16-10(14)9(11-15-4)8(13)6-7-12(2)3/h6-7H,5H2,1-4H3/b7-6+,11-9-. The molecule has 0 heterocycles. The van der Waals surface area contributed by atoms with Crippen LogP contribution in [0.15, 0.2) is 17.4 Å². The molecule has 0 unspecified atom stereocenters. The SMILES string of the molecule is CCOC(=O)/C(=N\OC)C(=O)/C=C/N(C)C. The van der Waals surface area contributed by atoms with Gasteiger partial charge in [-0.05, 0) is 6.92 Å². The minimum absolute atomic E-state index is 0.173. The Morgan fingerprint density at radius 3 is 2.44 bits per heavy atom. The molecule has 0 N–H and O–H groups in total. The maximum absolute atomic E-state index is 11.5. The van der Waals surface area contributed by atoms with Gasteiger partial charge in [-0.2, -0.15) is 0 Å². The fraction of sp³-hybridized carbons (Fsp3) is 0.500. The highest BCUT2D eigenvalue weighted by Gasteiger charge is 2.20. The topological polar surface area (TPSA) is 68.2 Å². The van der Waals surface area contributed by atoms with Gasteiger partial charge in [0, 0.05) is 26.4 Å². The van der Waals surface area contributed by atoms with Crippen molar-refractivity contribution >= 4 is 17.5 Å². The van der Waals surface area contributed by atoms with E-state index in [0.29, 0.717) is 0 Å². The van der Waals surface area contributed by atoms with E-state index in [1.165, 1.54) is 19.4 Å². The average Bonchev–Trinajstić information content (AvgIpc) is 2.22. The zero-order valence-electron chi connectivity index (χ0n) is 9.89. The van der Waals surface area contributed by atoms with Gasteiger partial charge in [0.15, 0.2) is 0 Å². The van der Waals surface area contributed by atoms with E-state index in [-0.39, 0.29) is 12.3 Å². The Morgan fingerprint density at radius 2 is 2.00 bits per heavy atom. The van der Waals surface area contributed by atoms with Gasteiger partial charge in [-0.1, -0.05) is 5.16 Å². The van der Waals surface area contributed by atoms with Gasteiger partial charge in [-0.15, -0.1) is 0 Å². The molecule has 0 aromatic rings. The van der Waals surface area contributed by atoms with Crippen LogP contribution < -0.4 is 0 Å². The van der Waals surface area contributed by atoms with Gasteiger partial charge < -0.3 is 14.5 Å². The fourth-order valence-electron chi connectivity index (χ4n) is 0.769. The van der Waals surface area contributed by atoms with Crippen LogP contribution >= 0.6 is 0 Å². The molecule has 0 fully saturated rings. The lowest BCUT2D eigenvalue weighted by Gasteiger charge is -2.04. The lowest BCUT2D eigenvalue weighted by Crippen LogP contribution is -2.25. The van der Waals surface area contributed by atoms with Crippen molar-refractivity contribution in [3.8, 4) is 0 Å². The highest BCUT2D eigenvalue weighted by atomic mass is 16.6. The van der Waals surface area contributed by atoms with Crippen LogP contribution in [0.5, 0.6) is 0 Å². The third-order valence-corrected chi connectivity index (χ3v) is 1.41. The zero-order chi connectivity index (χ0) is 12.6. The van der Waals surface area contributed by atoms with E-state index in [9.17, 15) is 9.59 Å². The molecule has 0 aliphatic carbocycles. The number of oxime groups is 1. The van der Waals surface area contributed by atoms with Crippen molar-refractivity contribution in [2.45, 2.75) is 6.92 Å². The molecule has 90 valence electrons. The number of nitrogens with zero attached hydrogens (tertiary/aromatic N) is 2. The van der Waals surface area contributed by atoms with Crippen LogP contribution in [0.4, 0.5) is 0 Å². The smallest absolute Gasteiger partial charge is 0.364 e. The van der Waals surface area contributed by atoms with Crippen molar-refractivity contribution in [1.29, 1.82) is 0 Å². The molecule has 0 aromatic carbocycles. The molecule has 0 atom stereocenters. The summed E-state index contributed by atoms with van der Waals surface area (Å²) in [6.45, 7) is 1.81. The second kappa shape index (κ2) is 7.44. The van der Waals surface area contributed by atoms with Crippen LogP contribution in [0.2, 0.25) is 0 Å². The van der Waals surface area contributed by atoms with E-state index in [1.807, 2.05) is 0 Å². The molecule has 0 aliphatic heterocycles. The molecule has 0 aliphatic rings. The number of ether oxygens (including phenoxy) is 1. The molecule has 0 saturated carbocycles. The van der Waals surface area contributed by atoms with Gasteiger partial charge in [0.2, 0.25) is 11.5 Å². The Morgan fingerprint density at radius 1 is 1.38 bits per heavy atom. The van der Waals surface area contributed by atoms with Crippen molar-refractivity contribution in [1.82, 2.24) is 4.90 Å². The maximum Gasteiger partial charge on any atom is 0.364 e. The third kappa shape index (κ3) is 5.14. The van der Waals surface area contributed by atoms with E-state index < -0.39 is 11.8 Å². The Balaban J connectivity index is 4.74. The molecule has 0 saturated heterocycles. The average molecular weight is 228 g/mol. The molecule has 0 spiro atoms. The summed E-state index contributed by atoms with van der Waals surface area (Å²) >= 11 is 0. The number of hydrogen-bond acceptors (Lipinski definition) is 6. The van der Waals surface area contributed by atoms with Crippen molar-refractivity contribution in [3.63, 3.8) is 0 Å². The number of carbonyl (C=O) groups is 2. The first-order chi connectivity index (χ1) is 7.52. The first kappa shape index (κ1) is 14.2. The zero-order valence-corrected chi connectivity index (χ0v) is 9.89. The summed E-state index contributed by atoms with van der Waals surface area (Å²) < 4.78 is 4.67. The van der Waals surface area contributed by atoms with Gasteiger partial charge in [0.05, 0.1) is 6.61 Å². The Hall–Kier alpha value is -1.85. The van der Waals surface area contributed by atoms with Crippen LogP contribution in [-0.4, -0.2) is 50.2 Å². The first-order valence-corrected chi connectivity index (χ1v) is 4.70. The number of carbonyl (C=O) groups excluding carboxylic acids is 2. The van der Waals surface area contributed by atoms with Crippen LogP contribution in [0, 0.1) is 0 Å². The van der Waals surface area contributed by atoms with Gasteiger partial charge >= 0.3 is 5.97 Å². The third-order valence-electron chi connectivity index (χ3n) is 1.41. The maximum atomic E-state index is 11.5. The number of ketones is 1. The number of hydrogen-bond donors (Lipinski definition) is 0. The van der Waals surface area contributed by atoms with Crippen molar-refractivity contribution in [3.05, 3.63) is 12.3 Å². The minimum Gasteiger partial charge on any atom is -0.461 e. The fourth-order valence-corrected chi connectivity index (χ4v) is 0.769. The number of rotatable bonds is 6. The number of esters is 1. The predicted octanol–water partition coefficient (Wildman–Crippen LogP) is 0.196. The lowest BCUT2D eigenvalue weighted by molar-refractivity contribution is -0.135. The van der Waals surface area contributed by atoms with Crippen molar-refractivity contribution < 1.29 is 19.2 Å². The van der Waals surface area contributed by atoms with Gasteiger partial charge in [-0.3, -0.25) is 4.79 Å². The van der Waals surface area contributed by atoms with Crippen LogP contribution in [0.3, 0.4) is 0 Å². The number of allylic oxidation sites excluding steroid dienone is 1. The molecule has 6 nitrogen and oxygen atoms in total. The largest absolute Gasteiger partial charge is 0.461 e. The molecule has 0 amide bonds. The summed E-state index contributed by atoms with van der Waals surface area (Å²) in [7, 11) is 4.75. The molecule has 0 aromatic heterocycles. The van der Waals surface area contributed by atoms with E-state index in [1.54, 1.807) is 25.9 Å². The Labute approximate surface area is 94.5 Å². The first-order valence-electron chi connectivity index (χ1n) is 4.70. The summed E-state index contributed by atoms with van der Waals surface area (Å²) in [5.74, 6) is -1.35. The predicted molar refractivity (Wildman–Crippen MR) is 58.9 cm³/mol. The summed E-state index contributed by atoms with van der Waals surface area (Å²) in [5.41, 5.74) is -0.373. The normalized spacial score (nSPS) is 11.4. The van der Waals surface area contributed by atoms with E-state index >= 15 is 0 Å². The highest BCUT2D eigenvalue weighted by molar-refractivity contribution is 6.66. The van der Waals surface area contributed by atoms with Gasteiger partial charge in [0.25, 0.3) is 0 Å². The molecule has 0 rings (SSSR count). The van der Waals surface area contributed by atoms with Crippen LogP contribution in [0.25, 0.3) is 0 Å². The second-order valence-corrected chi connectivity index (χ2v) is 2.99. The van der Waals surface area contributed by atoms with Crippen LogP contribution in [0.1, 0.15) is 6.92 Å². The second-order valence-electron chi connectivity index (χ2n) is 2.99. The lowest BCUT2D eigenvalue weighted by atomic mass is 10.2. The highest BCUT2D eigenvalue weighted by Crippen LogP contribution is 1.92.